The number of unbranched alkanes of at least 4 members (excludes halogenated alkanes) is 1. The number of rotatable bonds is 9. The van der Waals surface area contributed by atoms with Gasteiger partial charge >= 0.3 is 0 Å². The van der Waals surface area contributed by atoms with E-state index in [0.717, 1.165) is 26.0 Å². The van der Waals surface area contributed by atoms with Crippen molar-refractivity contribution in [1.29, 1.82) is 0 Å². The molecule has 0 aromatic carbocycles. The first-order valence-electron chi connectivity index (χ1n) is 5.75. The van der Waals surface area contributed by atoms with Gasteiger partial charge in [-0.05, 0) is 40.2 Å². The normalized spacial score (nSPS) is 10.7. The van der Waals surface area contributed by atoms with E-state index in [2.05, 4.69) is 10.6 Å². The summed E-state index contributed by atoms with van der Waals surface area (Å²) in [4.78, 5) is 11.0. The van der Waals surface area contributed by atoms with Gasteiger partial charge in [-0.15, -0.1) is 0 Å². The summed E-state index contributed by atoms with van der Waals surface area (Å²) >= 11 is 0. The van der Waals surface area contributed by atoms with Crippen LogP contribution >= 0.6 is 0 Å². The first-order chi connectivity index (χ1) is 7.16. The summed E-state index contributed by atoms with van der Waals surface area (Å²) < 4.78 is 5.40. The maximum Gasteiger partial charge on any atom is 0.233 e. The van der Waals surface area contributed by atoms with E-state index >= 15 is 0 Å². The second-order valence-corrected chi connectivity index (χ2v) is 3.76. The van der Waals surface area contributed by atoms with E-state index in [1.54, 1.807) is 0 Å². The zero-order valence-electron chi connectivity index (χ0n) is 10.1. The molecule has 0 aromatic heterocycles. The monoisotopic (exact) mass is 216 g/mol. The molecule has 0 aliphatic carbocycles. The van der Waals surface area contributed by atoms with Gasteiger partial charge in [-0.25, -0.2) is 0 Å². The van der Waals surface area contributed by atoms with Crippen molar-refractivity contribution in [2.45, 2.75) is 39.7 Å². The van der Waals surface area contributed by atoms with Crippen LogP contribution in [-0.4, -0.2) is 38.3 Å². The molecule has 4 nitrogen and oxygen atoms in total. The van der Waals surface area contributed by atoms with Gasteiger partial charge in [-0.2, -0.15) is 0 Å². The van der Waals surface area contributed by atoms with Gasteiger partial charge in [0.2, 0.25) is 5.91 Å². The van der Waals surface area contributed by atoms with E-state index in [1.165, 1.54) is 0 Å². The molecule has 0 saturated heterocycles. The quantitative estimate of drug-likeness (QED) is 0.563. The molecule has 0 aromatic rings. The Kier molecular flexibility index (Phi) is 9.52. The maximum atomic E-state index is 11.0. The van der Waals surface area contributed by atoms with E-state index in [9.17, 15) is 4.79 Å². The maximum absolute atomic E-state index is 11.0. The summed E-state index contributed by atoms with van der Waals surface area (Å²) in [5.74, 6) is 0.0657. The van der Waals surface area contributed by atoms with Crippen LogP contribution in [0, 0.1) is 0 Å². The van der Waals surface area contributed by atoms with Crippen molar-refractivity contribution in [3.05, 3.63) is 0 Å². The molecule has 0 saturated carbocycles. The lowest BCUT2D eigenvalue weighted by Crippen LogP contribution is -2.34. The largest absolute Gasteiger partial charge is 0.379 e. The van der Waals surface area contributed by atoms with Crippen LogP contribution in [0.4, 0.5) is 0 Å². The Morgan fingerprint density at radius 1 is 1.33 bits per heavy atom. The summed E-state index contributed by atoms with van der Waals surface area (Å²) in [6.45, 7) is 8.78. The topological polar surface area (TPSA) is 50.4 Å². The summed E-state index contributed by atoms with van der Waals surface area (Å²) in [5.41, 5.74) is 0. The predicted molar refractivity (Wildman–Crippen MR) is 61.9 cm³/mol. The lowest BCUT2D eigenvalue weighted by atomic mass is 10.3. The number of amides is 1. The highest BCUT2D eigenvalue weighted by Gasteiger charge is 1.97. The number of likely N-dealkylation sites (N-methyl/N-ethyl adjacent to an activating group) is 1. The third-order valence-electron chi connectivity index (χ3n) is 1.86. The van der Waals surface area contributed by atoms with Crippen LogP contribution in [0.15, 0.2) is 0 Å². The highest BCUT2D eigenvalue weighted by atomic mass is 16.5. The molecule has 0 unspecified atom stereocenters. The van der Waals surface area contributed by atoms with Crippen molar-refractivity contribution in [3.63, 3.8) is 0 Å². The van der Waals surface area contributed by atoms with Crippen molar-refractivity contribution in [1.82, 2.24) is 10.6 Å². The Balaban J connectivity index is 3.08. The van der Waals surface area contributed by atoms with Crippen LogP contribution in [0.25, 0.3) is 0 Å². The van der Waals surface area contributed by atoms with E-state index in [0.29, 0.717) is 19.2 Å². The molecule has 0 aliphatic heterocycles. The summed E-state index contributed by atoms with van der Waals surface area (Å²) in [6.07, 6.45) is 2.40. The lowest BCUT2D eigenvalue weighted by molar-refractivity contribution is -0.120. The van der Waals surface area contributed by atoms with Gasteiger partial charge < -0.3 is 15.4 Å². The fourth-order valence-corrected chi connectivity index (χ4v) is 1.13. The Morgan fingerprint density at radius 2 is 2.07 bits per heavy atom. The molecule has 0 radical (unpaired) electrons. The number of ether oxygens (including phenoxy) is 1. The summed E-state index contributed by atoms with van der Waals surface area (Å²) in [7, 11) is 0. The second-order valence-electron chi connectivity index (χ2n) is 3.76. The number of hydrogen-bond donors (Lipinski definition) is 2. The fourth-order valence-electron chi connectivity index (χ4n) is 1.13. The van der Waals surface area contributed by atoms with Crippen molar-refractivity contribution in [2.24, 2.45) is 0 Å². The van der Waals surface area contributed by atoms with Crippen molar-refractivity contribution in [2.75, 3.05) is 26.2 Å². The number of carbonyl (C=O) groups excluding carboxylic acids is 1. The molecule has 0 rings (SSSR count). The third kappa shape index (κ3) is 11.3. The van der Waals surface area contributed by atoms with Gasteiger partial charge in [0.15, 0.2) is 0 Å². The number of nitrogens with one attached hydrogen (secondary N) is 2. The standard InChI is InChI=1S/C11H24N2O2/c1-4-13-11(14)9-12-7-5-6-8-15-10(2)3/h10,12H,4-9H2,1-3H3,(H,13,14). The van der Waals surface area contributed by atoms with Crippen LogP contribution in [0.1, 0.15) is 33.6 Å². The highest BCUT2D eigenvalue weighted by Crippen LogP contribution is 1.92. The Morgan fingerprint density at radius 3 is 2.67 bits per heavy atom. The first kappa shape index (κ1) is 14.4. The van der Waals surface area contributed by atoms with Crippen LogP contribution in [0.2, 0.25) is 0 Å². The minimum atomic E-state index is 0.0657. The van der Waals surface area contributed by atoms with E-state index in [1.807, 2.05) is 20.8 Å². The highest BCUT2D eigenvalue weighted by molar-refractivity contribution is 5.77. The minimum Gasteiger partial charge on any atom is -0.379 e. The van der Waals surface area contributed by atoms with Gasteiger partial charge in [-0.3, -0.25) is 4.79 Å². The zero-order valence-corrected chi connectivity index (χ0v) is 10.1. The molecule has 0 bridgehead atoms. The van der Waals surface area contributed by atoms with Crippen molar-refractivity contribution >= 4 is 5.91 Å². The van der Waals surface area contributed by atoms with Crippen LogP contribution in [0.5, 0.6) is 0 Å². The molecule has 15 heavy (non-hydrogen) atoms. The molecular formula is C11H24N2O2. The van der Waals surface area contributed by atoms with Gasteiger partial charge in [0.05, 0.1) is 12.6 Å². The minimum absolute atomic E-state index is 0.0657. The van der Waals surface area contributed by atoms with Crippen LogP contribution < -0.4 is 10.6 Å². The molecule has 1 amide bonds. The van der Waals surface area contributed by atoms with Crippen LogP contribution in [0.3, 0.4) is 0 Å². The van der Waals surface area contributed by atoms with Crippen LogP contribution in [-0.2, 0) is 9.53 Å². The van der Waals surface area contributed by atoms with Gasteiger partial charge in [0, 0.05) is 13.2 Å². The SMILES string of the molecule is CCNC(=O)CNCCCCOC(C)C. The molecule has 0 spiro atoms. The molecule has 2 N–H and O–H groups in total. The molecular weight excluding hydrogens is 192 g/mol. The molecule has 0 fully saturated rings. The summed E-state index contributed by atoms with van der Waals surface area (Å²) in [6, 6.07) is 0. The van der Waals surface area contributed by atoms with Gasteiger partial charge in [-0.1, -0.05) is 0 Å². The van der Waals surface area contributed by atoms with E-state index in [-0.39, 0.29) is 5.91 Å². The average molecular weight is 216 g/mol. The first-order valence-corrected chi connectivity index (χ1v) is 5.75. The number of carbonyl (C=O) groups is 1. The predicted octanol–water partition coefficient (Wildman–Crippen LogP) is 0.917. The zero-order chi connectivity index (χ0) is 11.5. The van der Waals surface area contributed by atoms with Gasteiger partial charge in [0.1, 0.15) is 0 Å². The number of hydrogen-bond acceptors (Lipinski definition) is 3. The third-order valence-corrected chi connectivity index (χ3v) is 1.86. The average Bonchev–Trinajstić information content (AvgIpc) is 2.16. The second kappa shape index (κ2) is 9.93. The Hall–Kier alpha value is -0.610. The molecule has 0 aliphatic rings. The molecule has 0 heterocycles. The van der Waals surface area contributed by atoms with E-state index < -0.39 is 0 Å². The lowest BCUT2D eigenvalue weighted by Gasteiger charge is -2.07. The van der Waals surface area contributed by atoms with Crippen molar-refractivity contribution in [3.8, 4) is 0 Å². The molecule has 0 atom stereocenters. The summed E-state index contributed by atoms with van der Waals surface area (Å²) in [5, 5.41) is 5.83. The smallest absolute Gasteiger partial charge is 0.233 e. The Labute approximate surface area is 92.8 Å². The van der Waals surface area contributed by atoms with E-state index in [4.69, 9.17) is 4.74 Å². The fraction of sp³-hybridized carbons (Fsp3) is 0.909. The Bertz CT molecular complexity index is 161. The van der Waals surface area contributed by atoms with Gasteiger partial charge in [0.25, 0.3) is 0 Å². The molecule has 4 heteroatoms. The van der Waals surface area contributed by atoms with Crippen molar-refractivity contribution < 1.29 is 9.53 Å². The molecule has 90 valence electrons.